The molecule has 1 saturated carbocycles. The molecule has 0 aromatic rings. The normalized spacial score (nSPS) is 29.2. The molecule has 100 valence electrons. The number of methoxy groups -OCH3 is 1. The Bertz CT molecular complexity index is 235. The Hall–Kier alpha value is -0.610. The summed E-state index contributed by atoms with van der Waals surface area (Å²) < 4.78 is 4.97. The standard InChI is InChI=1S/C13H25NO3/c1-3-11-5-7-13(8-6-11,12(15)16)14-9-4-10-17-2/h11,14H,3-10H2,1-2H3,(H,15,16). The molecule has 0 aromatic heterocycles. The van der Waals surface area contributed by atoms with E-state index in [0.29, 0.717) is 12.5 Å². The van der Waals surface area contributed by atoms with Gasteiger partial charge in [-0.05, 0) is 44.6 Å². The van der Waals surface area contributed by atoms with Crippen LogP contribution < -0.4 is 5.32 Å². The minimum atomic E-state index is -0.690. The van der Waals surface area contributed by atoms with Crippen LogP contribution in [0.1, 0.15) is 45.4 Å². The molecule has 0 heterocycles. The highest BCUT2D eigenvalue weighted by atomic mass is 16.5. The van der Waals surface area contributed by atoms with Crippen LogP contribution in [-0.2, 0) is 9.53 Å². The number of nitrogens with one attached hydrogen (secondary N) is 1. The molecule has 0 unspecified atom stereocenters. The van der Waals surface area contributed by atoms with Gasteiger partial charge in [-0.2, -0.15) is 0 Å². The average molecular weight is 243 g/mol. The lowest BCUT2D eigenvalue weighted by Gasteiger charge is -2.37. The molecule has 1 fully saturated rings. The lowest BCUT2D eigenvalue weighted by Crippen LogP contribution is -2.54. The van der Waals surface area contributed by atoms with E-state index >= 15 is 0 Å². The molecule has 1 aliphatic carbocycles. The molecule has 0 spiro atoms. The van der Waals surface area contributed by atoms with Crippen molar-refractivity contribution in [3.8, 4) is 0 Å². The summed E-state index contributed by atoms with van der Waals surface area (Å²) in [5.41, 5.74) is -0.681. The molecule has 4 nitrogen and oxygen atoms in total. The fraction of sp³-hybridized carbons (Fsp3) is 0.923. The van der Waals surface area contributed by atoms with Gasteiger partial charge in [-0.3, -0.25) is 4.79 Å². The zero-order chi connectivity index (χ0) is 12.7. The summed E-state index contributed by atoms with van der Waals surface area (Å²) in [6.45, 7) is 3.58. The predicted octanol–water partition coefficient (Wildman–Crippen LogP) is 2.04. The lowest BCUT2D eigenvalue weighted by molar-refractivity contribution is -0.146. The van der Waals surface area contributed by atoms with Crippen molar-refractivity contribution >= 4 is 5.97 Å². The van der Waals surface area contributed by atoms with Crippen molar-refractivity contribution in [1.82, 2.24) is 5.32 Å². The summed E-state index contributed by atoms with van der Waals surface area (Å²) in [6.07, 6.45) is 5.60. The minimum absolute atomic E-state index is 0.681. The number of carboxylic acid groups (broad SMARTS) is 1. The summed E-state index contributed by atoms with van der Waals surface area (Å²) in [5, 5.41) is 12.6. The summed E-state index contributed by atoms with van der Waals surface area (Å²) in [5.74, 6) is 0.0210. The molecule has 0 aliphatic heterocycles. The van der Waals surface area contributed by atoms with E-state index in [9.17, 15) is 9.90 Å². The molecule has 1 aliphatic rings. The fourth-order valence-electron chi connectivity index (χ4n) is 2.59. The summed E-state index contributed by atoms with van der Waals surface area (Å²) in [7, 11) is 1.67. The van der Waals surface area contributed by atoms with Crippen LogP contribution in [0.2, 0.25) is 0 Å². The third kappa shape index (κ3) is 3.96. The van der Waals surface area contributed by atoms with Gasteiger partial charge in [0.1, 0.15) is 5.54 Å². The van der Waals surface area contributed by atoms with E-state index in [1.165, 1.54) is 6.42 Å². The first-order valence-corrected chi connectivity index (χ1v) is 6.62. The maximum absolute atomic E-state index is 11.4. The van der Waals surface area contributed by atoms with E-state index in [1.807, 2.05) is 0 Å². The van der Waals surface area contributed by atoms with Gasteiger partial charge in [-0.1, -0.05) is 13.3 Å². The molecular weight excluding hydrogens is 218 g/mol. The Kier molecular flexibility index (Phi) is 5.92. The van der Waals surface area contributed by atoms with Crippen LogP contribution in [-0.4, -0.2) is 36.9 Å². The first-order chi connectivity index (χ1) is 8.14. The van der Waals surface area contributed by atoms with Crippen molar-refractivity contribution < 1.29 is 14.6 Å². The first kappa shape index (κ1) is 14.5. The van der Waals surface area contributed by atoms with Gasteiger partial charge >= 0.3 is 5.97 Å². The molecule has 0 radical (unpaired) electrons. The largest absolute Gasteiger partial charge is 0.480 e. The third-order valence-electron chi connectivity index (χ3n) is 3.93. The van der Waals surface area contributed by atoms with Crippen LogP contribution in [0.15, 0.2) is 0 Å². The Labute approximate surface area is 104 Å². The number of aliphatic carboxylic acids is 1. The molecule has 0 aromatic carbocycles. The summed E-state index contributed by atoms with van der Waals surface area (Å²) in [6, 6.07) is 0. The van der Waals surface area contributed by atoms with Gasteiger partial charge in [0, 0.05) is 13.7 Å². The van der Waals surface area contributed by atoms with Crippen LogP contribution >= 0.6 is 0 Å². The number of hydrogen-bond donors (Lipinski definition) is 2. The second-order valence-electron chi connectivity index (χ2n) is 5.01. The fourth-order valence-corrected chi connectivity index (χ4v) is 2.59. The zero-order valence-corrected chi connectivity index (χ0v) is 11.0. The van der Waals surface area contributed by atoms with Crippen molar-refractivity contribution in [2.75, 3.05) is 20.3 Å². The first-order valence-electron chi connectivity index (χ1n) is 6.62. The number of rotatable bonds is 7. The van der Waals surface area contributed by atoms with Crippen LogP contribution in [0, 0.1) is 5.92 Å². The monoisotopic (exact) mass is 243 g/mol. The van der Waals surface area contributed by atoms with Gasteiger partial charge < -0.3 is 15.2 Å². The summed E-state index contributed by atoms with van der Waals surface area (Å²) >= 11 is 0. The van der Waals surface area contributed by atoms with Crippen molar-refractivity contribution in [2.24, 2.45) is 5.92 Å². The van der Waals surface area contributed by atoms with Crippen LogP contribution in [0.4, 0.5) is 0 Å². The van der Waals surface area contributed by atoms with Crippen LogP contribution in [0.5, 0.6) is 0 Å². The quantitative estimate of drug-likeness (QED) is 0.672. The van der Waals surface area contributed by atoms with Crippen molar-refractivity contribution in [3.63, 3.8) is 0 Å². The maximum Gasteiger partial charge on any atom is 0.323 e. The van der Waals surface area contributed by atoms with E-state index in [4.69, 9.17) is 4.74 Å². The second-order valence-corrected chi connectivity index (χ2v) is 5.01. The SMILES string of the molecule is CCC1CCC(NCCCOC)(C(=O)O)CC1. The highest BCUT2D eigenvalue weighted by Crippen LogP contribution is 2.33. The number of carbonyl (C=O) groups is 1. The zero-order valence-electron chi connectivity index (χ0n) is 11.0. The minimum Gasteiger partial charge on any atom is -0.480 e. The molecule has 1 rings (SSSR count). The molecular formula is C13H25NO3. The number of ether oxygens (including phenoxy) is 1. The van der Waals surface area contributed by atoms with Crippen LogP contribution in [0.25, 0.3) is 0 Å². The average Bonchev–Trinajstić information content (AvgIpc) is 2.35. The van der Waals surface area contributed by atoms with Gasteiger partial charge in [0.05, 0.1) is 0 Å². The van der Waals surface area contributed by atoms with E-state index in [-0.39, 0.29) is 0 Å². The Morgan fingerprint density at radius 1 is 1.47 bits per heavy atom. The molecule has 4 heteroatoms. The Balaban J connectivity index is 2.44. The van der Waals surface area contributed by atoms with E-state index in [1.54, 1.807) is 7.11 Å². The maximum atomic E-state index is 11.4. The van der Waals surface area contributed by atoms with E-state index < -0.39 is 11.5 Å². The molecule has 2 N–H and O–H groups in total. The topological polar surface area (TPSA) is 58.6 Å². The smallest absolute Gasteiger partial charge is 0.323 e. The summed E-state index contributed by atoms with van der Waals surface area (Å²) in [4.78, 5) is 11.4. The Morgan fingerprint density at radius 3 is 2.59 bits per heavy atom. The van der Waals surface area contributed by atoms with E-state index in [0.717, 1.165) is 38.6 Å². The van der Waals surface area contributed by atoms with Crippen molar-refractivity contribution in [3.05, 3.63) is 0 Å². The highest BCUT2D eigenvalue weighted by Gasteiger charge is 2.40. The number of carboxylic acids is 1. The Morgan fingerprint density at radius 2 is 2.12 bits per heavy atom. The van der Waals surface area contributed by atoms with Gasteiger partial charge in [-0.15, -0.1) is 0 Å². The van der Waals surface area contributed by atoms with Crippen LogP contribution in [0.3, 0.4) is 0 Å². The molecule has 0 saturated heterocycles. The molecule has 0 bridgehead atoms. The molecule has 17 heavy (non-hydrogen) atoms. The number of hydrogen-bond acceptors (Lipinski definition) is 3. The van der Waals surface area contributed by atoms with Gasteiger partial charge in [0.25, 0.3) is 0 Å². The van der Waals surface area contributed by atoms with Gasteiger partial charge in [-0.25, -0.2) is 0 Å². The second kappa shape index (κ2) is 6.97. The molecule has 0 atom stereocenters. The van der Waals surface area contributed by atoms with Crippen molar-refractivity contribution in [1.29, 1.82) is 0 Å². The third-order valence-corrected chi connectivity index (χ3v) is 3.93. The molecule has 0 amide bonds. The lowest BCUT2D eigenvalue weighted by atomic mass is 9.75. The predicted molar refractivity (Wildman–Crippen MR) is 67.1 cm³/mol. The van der Waals surface area contributed by atoms with Gasteiger partial charge in [0.2, 0.25) is 0 Å². The van der Waals surface area contributed by atoms with Gasteiger partial charge in [0.15, 0.2) is 0 Å². The van der Waals surface area contributed by atoms with E-state index in [2.05, 4.69) is 12.2 Å². The highest BCUT2D eigenvalue weighted by molar-refractivity contribution is 5.78. The van der Waals surface area contributed by atoms with Crippen molar-refractivity contribution in [2.45, 2.75) is 51.0 Å².